The van der Waals surface area contributed by atoms with Crippen molar-refractivity contribution >= 4 is 5.91 Å². The highest BCUT2D eigenvalue weighted by molar-refractivity contribution is 5.89. The first-order valence-corrected chi connectivity index (χ1v) is 9.89. The van der Waals surface area contributed by atoms with Gasteiger partial charge in [-0.05, 0) is 42.5 Å². The molecule has 6 heteroatoms. The molecule has 1 aliphatic rings. The number of halogens is 1. The lowest BCUT2D eigenvalue weighted by Gasteiger charge is -2.27. The molecule has 0 saturated heterocycles. The van der Waals surface area contributed by atoms with Gasteiger partial charge in [-0.25, -0.2) is 14.4 Å². The second-order valence-corrected chi connectivity index (χ2v) is 7.23. The molecule has 3 aromatic carbocycles. The van der Waals surface area contributed by atoms with Crippen LogP contribution in [0.2, 0.25) is 0 Å². The molecule has 5 nitrogen and oxygen atoms in total. The molecule has 1 aliphatic heterocycles. The Balaban J connectivity index is 1.38. The third-order valence-corrected chi connectivity index (χ3v) is 5.25. The van der Waals surface area contributed by atoms with Gasteiger partial charge in [0, 0.05) is 16.7 Å². The molecule has 0 fully saturated rings. The smallest absolute Gasteiger partial charge is 0.232 e. The zero-order valence-corrected chi connectivity index (χ0v) is 16.5. The van der Waals surface area contributed by atoms with Gasteiger partial charge >= 0.3 is 0 Å². The second kappa shape index (κ2) is 7.99. The SMILES string of the molecule is O=C(NCc1cc(-c2ccc(F)cc2)ncn1)C1c2ccccc2Oc2ccccc21. The number of aromatic nitrogens is 2. The average molecular weight is 411 g/mol. The van der Waals surface area contributed by atoms with Crippen LogP contribution in [-0.4, -0.2) is 15.9 Å². The summed E-state index contributed by atoms with van der Waals surface area (Å²) in [7, 11) is 0. The number of fused-ring (bicyclic) bond motifs is 2. The van der Waals surface area contributed by atoms with Crippen molar-refractivity contribution < 1.29 is 13.9 Å². The summed E-state index contributed by atoms with van der Waals surface area (Å²) in [5.74, 6) is 0.455. The average Bonchev–Trinajstić information content (AvgIpc) is 2.81. The lowest BCUT2D eigenvalue weighted by atomic mass is 9.87. The summed E-state index contributed by atoms with van der Waals surface area (Å²) >= 11 is 0. The third-order valence-electron chi connectivity index (χ3n) is 5.25. The number of carbonyl (C=O) groups excluding carboxylic acids is 1. The Morgan fingerprint density at radius 2 is 1.55 bits per heavy atom. The van der Waals surface area contributed by atoms with E-state index in [1.54, 1.807) is 18.2 Å². The summed E-state index contributed by atoms with van der Waals surface area (Å²) in [5.41, 5.74) is 3.77. The molecular formula is C25H18FN3O2. The number of para-hydroxylation sites is 2. The van der Waals surface area contributed by atoms with Crippen molar-refractivity contribution in [1.82, 2.24) is 15.3 Å². The maximum absolute atomic E-state index is 13.2. The molecule has 0 aliphatic carbocycles. The minimum Gasteiger partial charge on any atom is -0.457 e. The minimum atomic E-state index is -0.473. The Morgan fingerprint density at radius 1 is 0.903 bits per heavy atom. The number of nitrogens with one attached hydrogen (secondary N) is 1. The number of hydrogen-bond donors (Lipinski definition) is 1. The van der Waals surface area contributed by atoms with Crippen molar-refractivity contribution in [3.05, 3.63) is 108 Å². The van der Waals surface area contributed by atoms with Gasteiger partial charge in [-0.3, -0.25) is 4.79 Å². The van der Waals surface area contributed by atoms with E-state index in [0.29, 0.717) is 22.9 Å². The van der Waals surface area contributed by atoms with Crippen molar-refractivity contribution in [2.24, 2.45) is 0 Å². The van der Waals surface area contributed by atoms with Crippen LogP contribution in [-0.2, 0) is 11.3 Å². The molecule has 2 heterocycles. The highest BCUT2D eigenvalue weighted by Gasteiger charge is 2.32. The van der Waals surface area contributed by atoms with Gasteiger partial charge in [-0.2, -0.15) is 0 Å². The van der Waals surface area contributed by atoms with Crippen molar-refractivity contribution in [2.45, 2.75) is 12.5 Å². The summed E-state index contributed by atoms with van der Waals surface area (Å²) < 4.78 is 19.2. The summed E-state index contributed by atoms with van der Waals surface area (Å²) in [6.45, 7) is 0.247. The number of ether oxygens (including phenoxy) is 1. The highest BCUT2D eigenvalue weighted by atomic mass is 19.1. The van der Waals surface area contributed by atoms with Crippen molar-refractivity contribution in [2.75, 3.05) is 0 Å². The molecule has 31 heavy (non-hydrogen) atoms. The topological polar surface area (TPSA) is 64.1 Å². The number of carbonyl (C=O) groups is 1. The van der Waals surface area contributed by atoms with E-state index in [9.17, 15) is 9.18 Å². The predicted molar refractivity (Wildman–Crippen MR) is 114 cm³/mol. The van der Waals surface area contributed by atoms with E-state index < -0.39 is 5.92 Å². The second-order valence-electron chi connectivity index (χ2n) is 7.23. The normalized spacial score (nSPS) is 12.4. The van der Waals surface area contributed by atoms with Crippen LogP contribution in [0.1, 0.15) is 22.7 Å². The van der Waals surface area contributed by atoms with Crippen molar-refractivity contribution in [1.29, 1.82) is 0 Å². The molecule has 0 spiro atoms. The summed E-state index contributed by atoms with van der Waals surface area (Å²) in [6.07, 6.45) is 1.44. The fourth-order valence-corrected chi connectivity index (χ4v) is 3.74. The Hall–Kier alpha value is -4.06. The third kappa shape index (κ3) is 3.75. The number of hydrogen-bond acceptors (Lipinski definition) is 4. The van der Waals surface area contributed by atoms with Crippen LogP contribution in [0.4, 0.5) is 4.39 Å². The van der Waals surface area contributed by atoms with Crippen LogP contribution in [0, 0.1) is 5.82 Å². The molecular weight excluding hydrogens is 393 g/mol. The van der Waals surface area contributed by atoms with Gasteiger partial charge in [0.15, 0.2) is 0 Å². The highest BCUT2D eigenvalue weighted by Crippen LogP contribution is 2.43. The van der Waals surface area contributed by atoms with Crippen LogP contribution in [0.5, 0.6) is 11.5 Å². The zero-order valence-electron chi connectivity index (χ0n) is 16.5. The van der Waals surface area contributed by atoms with Gasteiger partial charge in [-0.15, -0.1) is 0 Å². The molecule has 0 bridgehead atoms. The molecule has 0 radical (unpaired) electrons. The first kappa shape index (κ1) is 18.9. The maximum Gasteiger partial charge on any atom is 0.232 e. The first-order chi connectivity index (χ1) is 15.2. The summed E-state index contributed by atoms with van der Waals surface area (Å²) in [4.78, 5) is 21.8. The lowest BCUT2D eigenvalue weighted by Crippen LogP contribution is -2.31. The Kier molecular flexibility index (Phi) is 4.88. The van der Waals surface area contributed by atoms with Gasteiger partial charge < -0.3 is 10.1 Å². The van der Waals surface area contributed by atoms with E-state index in [1.807, 2.05) is 48.5 Å². The van der Waals surface area contributed by atoms with Gasteiger partial charge in [-0.1, -0.05) is 36.4 Å². The number of nitrogens with zero attached hydrogens (tertiary/aromatic N) is 2. The molecule has 0 atom stereocenters. The summed E-state index contributed by atoms with van der Waals surface area (Å²) in [6, 6.07) is 23.0. The van der Waals surface area contributed by atoms with Crippen LogP contribution in [0.3, 0.4) is 0 Å². The van der Waals surface area contributed by atoms with E-state index in [1.165, 1.54) is 18.5 Å². The van der Waals surface area contributed by atoms with E-state index in [0.717, 1.165) is 16.7 Å². The molecule has 0 saturated carbocycles. The van der Waals surface area contributed by atoms with E-state index in [-0.39, 0.29) is 18.3 Å². The zero-order chi connectivity index (χ0) is 21.2. The Morgan fingerprint density at radius 3 is 2.23 bits per heavy atom. The minimum absolute atomic E-state index is 0.134. The van der Waals surface area contributed by atoms with Crippen LogP contribution in [0.25, 0.3) is 11.3 Å². The number of benzene rings is 3. The maximum atomic E-state index is 13.2. The van der Waals surface area contributed by atoms with Crippen LogP contribution in [0.15, 0.2) is 85.2 Å². The van der Waals surface area contributed by atoms with E-state index >= 15 is 0 Å². The fraction of sp³-hybridized carbons (Fsp3) is 0.0800. The lowest BCUT2D eigenvalue weighted by molar-refractivity contribution is -0.122. The standard InChI is InChI=1S/C25H18FN3O2/c26-17-11-9-16(10-12-17)21-13-18(28-15-29-21)14-27-25(30)24-19-5-1-3-7-22(19)31-23-8-4-2-6-20(23)24/h1-13,15,24H,14H2,(H,27,30). The fourth-order valence-electron chi connectivity index (χ4n) is 3.74. The largest absolute Gasteiger partial charge is 0.457 e. The quantitative estimate of drug-likeness (QED) is 0.522. The molecule has 1 amide bonds. The van der Waals surface area contributed by atoms with Crippen LogP contribution < -0.4 is 10.1 Å². The monoisotopic (exact) mass is 411 g/mol. The molecule has 4 aromatic rings. The Bertz CT molecular complexity index is 1210. The number of rotatable bonds is 4. The van der Waals surface area contributed by atoms with E-state index in [2.05, 4.69) is 15.3 Å². The first-order valence-electron chi connectivity index (χ1n) is 9.89. The van der Waals surface area contributed by atoms with Gasteiger partial charge in [0.25, 0.3) is 0 Å². The molecule has 0 unspecified atom stereocenters. The number of amides is 1. The van der Waals surface area contributed by atoms with E-state index in [4.69, 9.17) is 4.74 Å². The predicted octanol–water partition coefficient (Wildman–Crippen LogP) is 4.84. The molecule has 1 aromatic heterocycles. The molecule has 1 N–H and O–H groups in total. The van der Waals surface area contributed by atoms with Crippen molar-refractivity contribution in [3.63, 3.8) is 0 Å². The van der Waals surface area contributed by atoms with Gasteiger partial charge in [0.05, 0.1) is 23.9 Å². The molecule has 152 valence electrons. The molecule has 5 rings (SSSR count). The van der Waals surface area contributed by atoms with Gasteiger partial charge in [0.1, 0.15) is 23.6 Å². The van der Waals surface area contributed by atoms with Gasteiger partial charge in [0.2, 0.25) is 5.91 Å². The summed E-state index contributed by atoms with van der Waals surface area (Å²) in [5, 5.41) is 2.99. The van der Waals surface area contributed by atoms with Crippen LogP contribution >= 0.6 is 0 Å². The van der Waals surface area contributed by atoms with Crippen molar-refractivity contribution in [3.8, 4) is 22.8 Å². The Labute approximate surface area is 178 Å².